The molecule has 82 valence electrons. The molecule has 0 unspecified atom stereocenters. The topological polar surface area (TPSA) is 129 Å². The molecule has 0 atom stereocenters. The van der Waals surface area contributed by atoms with Crippen molar-refractivity contribution in [2.75, 3.05) is 0 Å². The second-order valence-electron chi connectivity index (χ2n) is 2.61. The van der Waals surface area contributed by atoms with Crippen molar-refractivity contribution in [2.24, 2.45) is 33.4 Å². The lowest BCUT2D eigenvalue weighted by Gasteiger charge is -2.01. The highest BCUT2D eigenvalue weighted by Crippen LogP contribution is 2.03. The minimum Gasteiger partial charge on any atom is -0.382 e. The Bertz CT molecular complexity index is 328. The molecule has 0 aliphatic carbocycles. The summed E-state index contributed by atoms with van der Waals surface area (Å²) in [5, 5.41) is 6.72. The molecule has 0 aliphatic heterocycles. The molecule has 8 N–H and O–H groups in total. The second kappa shape index (κ2) is 5.48. The van der Waals surface area contributed by atoms with Crippen molar-refractivity contribution < 1.29 is 0 Å². The second-order valence-corrected chi connectivity index (χ2v) is 2.61. The van der Waals surface area contributed by atoms with Gasteiger partial charge in [0.05, 0.1) is 0 Å². The van der Waals surface area contributed by atoms with E-state index in [4.69, 9.17) is 23.2 Å². The van der Waals surface area contributed by atoms with Crippen LogP contribution in [-0.2, 0) is 0 Å². The van der Waals surface area contributed by atoms with Gasteiger partial charge in [-0.1, -0.05) is 31.7 Å². The molecular weight excluding hydrogens is 192 g/mol. The van der Waals surface area contributed by atoms with Gasteiger partial charge in [0.25, 0.3) is 0 Å². The van der Waals surface area contributed by atoms with Crippen molar-refractivity contribution >= 4 is 11.7 Å². The van der Waals surface area contributed by atoms with E-state index in [0.717, 1.165) is 11.1 Å². The van der Waals surface area contributed by atoms with Crippen LogP contribution in [0.15, 0.2) is 34.5 Å². The Balaban J connectivity index is 0.00000196. The summed E-state index contributed by atoms with van der Waals surface area (Å²) in [5.41, 5.74) is 12.4. The Kier molecular flexibility index (Phi) is 4.66. The van der Waals surface area contributed by atoms with Gasteiger partial charge in [0.2, 0.25) is 0 Å². The Morgan fingerprint density at radius 1 is 0.800 bits per heavy atom. The fraction of sp³-hybridized carbons (Fsp3) is 0.111. The number of hydrazone groups is 2. The predicted octanol–water partition coefficient (Wildman–Crippen LogP) is -0.519. The summed E-state index contributed by atoms with van der Waals surface area (Å²) in [7, 11) is 0. The first-order valence-corrected chi connectivity index (χ1v) is 3.86. The molecule has 0 amide bonds. The highest BCUT2D eigenvalue weighted by atomic mass is 15.2. The summed E-state index contributed by atoms with van der Waals surface area (Å²) >= 11 is 0. The van der Waals surface area contributed by atoms with Gasteiger partial charge in [-0.05, 0) is 0 Å². The molecule has 0 aliphatic rings. The Hall–Kier alpha value is -2.24. The lowest BCUT2D eigenvalue weighted by atomic mass is 10.1. The fourth-order valence-electron chi connectivity index (χ4n) is 0.961. The standard InChI is InChI=1S/C8H12N6.CH4/c9-7(13-11)5-1-2-6(4-3-5)8(10)14-12;/h1-4H,11-12H2,(H2,9,13)(H2,10,14);1H4. The van der Waals surface area contributed by atoms with Gasteiger partial charge in [-0.2, -0.15) is 10.2 Å². The van der Waals surface area contributed by atoms with Crippen LogP contribution in [0.25, 0.3) is 0 Å². The zero-order valence-corrected chi connectivity index (χ0v) is 7.51. The van der Waals surface area contributed by atoms with E-state index in [1.807, 2.05) is 0 Å². The minimum atomic E-state index is 0. The van der Waals surface area contributed by atoms with Crippen molar-refractivity contribution in [1.82, 2.24) is 0 Å². The van der Waals surface area contributed by atoms with Crippen molar-refractivity contribution in [1.29, 1.82) is 0 Å². The van der Waals surface area contributed by atoms with Crippen molar-refractivity contribution in [3.05, 3.63) is 35.4 Å². The third-order valence-corrected chi connectivity index (χ3v) is 1.75. The molecule has 1 aromatic rings. The highest BCUT2D eigenvalue weighted by Gasteiger charge is 2.00. The molecule has 1 aromatic carbocycles. The third-order valence-electron chi connectivity index (χ3n) is 1.75. The number of amidine groups is 2. The smallest absolute Gasteiger partial charge is 0.150 e. The zero-order valence-electron chi connectivity index (χ0n) is 7.51. The van der Waals surface area contributed by atoms with Gasteiger partial charge in [-0.15, -0.1) is 0 Å². The molecule has 6 nitrogen and oxygen atoms in total. The molecule has 1 rings (SSSR count). The van der Waals surface area contributed by atoms with Crippen molar-refractivity contribution in [3.8, 4) is 0 Å². The highest BCUT2D eigenvalue weighted by molar-refractivity contribution is 6.00. The molecule has 0 saturated heterocycles. The molecule has 0 saturated carbocycles. The van der Waals surface area contributed by atoms with Crippen LogP contribution in [0.1, 0.15) is 18.6 Å². The normalized spacial score (nSPS) is 12.0. The van der Waals surface area contributed by atoms with Gasteiger partial charge in [0.15, 0.2) is 0 Å². The van der Waals surface area contributed by atoms with Crippen LogP contribution in [0.5, 0.6) is 0 Å². The first kappa shape index (κ1) is 12.8. The summed E-state index contributed by atoms with van der Waals surface area (Å²) in [4.78, 5) is 0. The van der Waals surface area contributed by atoms with E-state index >= 15 is 0 Å². The Morgan fingerprint density at radius 3 is 1.27 bits per heavy atom. The van der Waals surface area contributed by atoms with Gasteiger partial charge < -0.3 is 23.2 Å². The predicted molar refractivity (Wildman–Crippen MR) is 63.0 cm³/mol. The molecule has 6 heteroatoms. The molecule has 0 bridgehead atoms. The van der Waals surface area contributed by atoms with E-state index in [2.05, 4.69) is 10.2 Å². The van der Waals surface area contributed by atoms with E-state index < -0.39 is 0 Å². The van der Waals surface area contributed by atoms with E-state index in [9.17, 15) is 0 Å². The van der Waals surface area contributed by atoms with Crippen molar-refractivity contribution in [3.63, 3.8) is 0 Å². The number of rotatable bonds is 2. The van der Waals surface area contributed by atoms with Crippen LogP contribution in [0.2, 0.25) is 0 Å². The maximum Gasteiger partial charge on any atom is 0.150 e. The molecule has 0 aromatic heterocycles. The Morgan fingerprint density at radius 2 is 1.07 bits per heavy atom. The first-order chi connectivity index (χ1) is 6.69. The van der Waals surface area contributed by atoms with Crippen LogP contribution in [0.4, 0.5) is 0 Å². The van der Waals surface area contributed by atoms with Gasteiger partial charge in [0.1, 0.15) is 11.7 Å². The average Bonchev–Trinajstić information content (AvgIpc) is 2.27. The SMILES string of the molecule is C.NN=C(N)c1ccc(C(N)=NN)cc1. The monoisotopic (exact) mass is 208 g/mol. The van der Waals surface area contributed by atoms with Crippen molar-refractivity contribution in [2.45, 2.75) is 7.43 Å². The zero-order chi connectivity index (χ0) is 10.6. The number of nitrogens with two attached hydrogens (primary N) is 4. The van der Waals surface area contributed by atoms with Crippen LogP contribution in [-0.4, -0.2) is 11.7 Å². The van der Waals surface area contributed by atoms with Gasteiger partial charge in [-0.3, -0.25) is 0 Å². The molecule has 0 fully saturated rings. The van der Waals surface area contributed by atoms with Crippen LogP contribution in [0, 0.1) is 0 Å². The molecule has 0 heterocycles. The van der Waals surface area contributed by atoms with Gasteiger partial charge in [-0.25, -0.2) is 0 Å². The number of hydrogen-bond acceptors (Lipinski definition) is 4. The number of nitrogens with zero attached hydrogens (tertiary/aromatic N) is 2. The van der Waals surface area contributed by atoms with E-state index in [1.165, 1.54) is 0 Å². The van der Waals surface area contributed by atoms with Gasteiger partial charge >= 0.3 is 0 Å². The van der Waals surface area contributed by atoms with E-state index in [0.29, 0.717) is 0 Å². The third kappa shape index (κ3) is 2.87. The maximum absolute atomic E-state index is 5.49. The number of hydrogen-bond donors (Lipinski definition) is 4. The van der Waals surface area contributed by atoms with Crippen LogP contribution in [0.3, 0.4) is 0 Å². The maximum atomic E-state index is 5.49. The van der Waals surface area contributed by atoms with E-state index in [-0.39, 0.29) is 19.1 Å². The minimum absolute atomic E-state index is 0. The lowest BCUT2D eigenvalue weighted by Crippen LogP contribution is -2.17. The largest absolute Gasteiger partial charge is 0.382 e. The first-order valence-electron chi connectivity index (χ1n) is 3.86. The summed E-state index contributed by atoms with van der Waals surface area (Å²) in [6, 6.07) is 6.94. The van der Waals surface area contributed by atoms with Crippen LogP contribution < -0.4 is 23.2 Å². The molecule has 0 radical (unpaired) electrons. The Labute approximate surface area is 88.6 Å². The number of benzene rings is 1. The molecular formula is C9H16N6. The quantitative estimate of drug-likeness (QED) is 0.225. The summed E-state index contributed by atoms with van der Waals surface area (Å²) < 4.78 is 0. The lowest BCUT2D eigenvalue weighted by molar-refractivity contribution is 1.22. The van der Waals surface area contributed by atoms with E-state index in [1.54, 1.807) is 24.3 Å². The average molecular weight is 208 g/mol. The summed E-state index contributed by atoms with van der Waals surface area (Å²) in [5.74, 6) is 10.6. The molecule has 0 spiro atoms. The molecule has 15 heavy (non-hydrogen) atoms. The fourth-order valence-corrected chi connectivity index (χ4v) is 0.961. The van der Waals surface area contributed by atoms with Crippen LogP contribution >= 0.6 is 0 Å². The summed E-state index contributed by atoms with van der Waals surface area (Å²) in [6.45, 7) is 0. The van der Waals surface area contributed by atoms with Gasteiger partial charge in [0, 0.05) is 11.1 Å². The summed E-state index contributed by atoms with van der Waals surface area (Å²) in [6.07, 6.45) is 0.